The Kier molecular flexibility index (Phi) is 4.25. The van der Waals surface area contributed by atoms with Gasteiger partial charge >= 0.3 is 0 Å². The number of hydrogen-bond acceptors (Lipinski definition) is 5. The number of aliphatic hydroxyl groups excluding tert-OH is 1. The van der Waals surface area contributed by atoms with Crippen LogP contribution in [0.2, 0.25) is 0 Å². The molecule has 3 N–H and O–H groups in total. The Morgan fingerprint density at radius 3 is 2.81 bits per heavy atom. The topological polar surface area (TPSA) is 92.9 Å². The predicted octanol–water partition coefficient (Wildman–Crippen LogP) is 0.568. The van der Waals surface area contributed by atoms with E-state index in [1.165, 1.54) is 10.4 Å². The highest BCUT2D eigenvalue weighted by atomic mass is 32.2. The van der Waals surface area contributed by atoms with Crippen molar-refractivity contribution in [1.82, 2.24) is 4.31 Å². The van der Waals surface area contributed by atoms with Gasteiger partial charge in [0.05, 0.1) is 24.0 Å². The van der Waals surface area contributed by atoms with E-state index >= 15 is 0 Å². The first-order chi connectivity index (χ1) is 9.65. The summed E-state index contributed by atoms with van der Waals surface area (Å²) in [7, 11) is -3.95. The first-order valence-electron chi connectivity index (χ1n) is 6.49. The molecule has 1 aromatic rings. The summed E-state index contributed by atoms with van der Waals surface area (Å²) in [4.78, 5) is -0.267. The van der Waals surface area contributed by atoms with Gasteiger partial charge in [-0.15, -0.1) is 0 Å². The molecule has 0 aliphatic carbocycles. The summed E-state index contributed by atoms with van der Waals surface area (Å²) in [5.74, 6) is -0.672. The molecule has 0 amide bonds. The summed E-state index contributed by atoms with van der Waals surface area (Å²) in [5, 5.41) is 9.24. The second kappa shape index (κ2) is 5.53. The van der Waals surface area contributed by atoms with Gasteiger partial charge in [-0.25, -0.2) is 12.8 Å². The van der Waals surface area contributed by atoms with Crippen LogP contribution in [0.15, 0.2) is 23.1 Å². The second-order valence-electron chi connectivity index (χ2n) is 5.66. The molecular formula is C13H19FN2O4S. The molecule has 1 aliphatic heterocycles. The number of halogens is 1. The van der Waals surface area contributed by atoms with E-state index in [9.17, 15) is 17.9 Å². The quantitative estimate of drug-likeness (QED) is 0.795. The van der Waals surface area contributed by atoms with Crippen LogP contribution in [0.5, 0.6) is 0 Å². The summed E-state index contributed by atoms with van der Waals surface area (Å²) in [6.45, 7) is 3.26. The molecule has 8 heteroatoms. The van der Waals surface area contributed by atoms with E-state index in [4.69, 9.17) is 10.5 Å². The number of nitrogens with two attached hydrogens (primary N) is 1. The average molecular weight is 318 g/mol. The van der Waals surface area contributed by atoms with Gasteiger partial charge in [-0.3, -0.25) is 0 Å². The Morgan fingerprint density at radius 1 is 1.52 bits per heavy atom. The monoisotopic (exact) mass is 318 g/mol. The molecule has 0 saturated carbocycles. The molecule has 1 heterocycles. The fourth-order valence-corrected chi connectivity index (χ4v) is 4.14. The normalized spacial score (nSPS) is 23.1. The van der Waals surface area contributed by atoms with Crippen LogP contribution in [0, 0.1) is 5.82 Å². The van der Waals surface area contributed by atoms with E-state index in [1.807, 2.05) is 0 Å². The van der Waals surface area contributed by atoms with Crippen LogP contribution in [0.3, 0.4) is 0 Å². The van der Waals surface area contributed by atoms with Gasteiger partial charge < -0.3 is 15.6 Å². The number of anilines is 1. The number of hydrogen-bond donors (Lipinski definition) is 2. The molecule has 6 nitrogen and oxygen atoms in total. The summed E-state index contributed by atoms with van der Waals surface area (Å²) >= 11 is 0. The van der Waals surface area contributed by atoms with Crippen molar-refractivity contribution in [3.63, 3.8) is 0 Å². The lowest BCUT2D eigenvalue weighted by molar-refractivity contribution is -0.131. The molecule has 21 heavy (non-hydrogen) atoms. The lowest BCUT2D eigenvalue weighted by atomic mass is 10.1. The zero-order valence-electron chi connectivity index (χ0n) is 11.9. The third-order valence-corrected chi connectivity index (χ3v) is 5.11. The van der Waals surface area contributed by atoms with E-state index < -0.39 is 27.5 Å². The van der Waals surface area contributed by atoms with Gasteiger partial charge in [-0.05, 0) is 32.0 Å². The average Bonchev–Trinajstić information content (AvgIpc) is 2.39. The van der Waals surface area contributed by atoms with Gasteiger partial charge in [0.1, 0.15) is 10.7 Å². The maximum Gasteiger partial charge on any atom is 0.245 e. The Balaban J connectivity index is 2.41. The smallest absolute Gasteiger partial charge is 0.245 e. The molecule has 1 aliphatic rings. The standard InChI is InChI=1S/C13H19FN2O4S/c1-13(2)8-16(6-10(7-17)20-13)21(18,19)12-5-9(14)3-4-11(12)15/h3-5,10,17H,6-8,15H2,1-2H3. The number of nitrogens with zero attached hydrogens (tertiary/aromatic N) is 1. The Morgan fingerprint density at radius 2 is 2.19 bits per heavy atom. The highest BCUT2D eigenvalue weighted by Crippen LogP contribution is 2.29. The highest BCUT2D eigenvalue weighted by Gasteiger charge is 2.39. The van der Waals surface area contributed by atoms with Crippen molar-refractivity contribution >= 4 is 15.7 Å². The van der Waals surface area contributed by atoms with E-state index in [1.54, 1.807) is 13.8 Å². The first kappa shape index (κ1) is 16.2. The van der Waals surface area contributed by atoms with Crippen LogP contribution in [0.25, 0.3) is 0 Å². The SMILES string of the molecule is CC1(C)CN(S(=O)(=O)c2cc(F)ccc2N)CC(CO)O1. The zero-order valence-corrected chi connectivity index (χ0v) is 12.7. The number of sulfonamides is 1. The minimum Gasteiger partial charge on any atom is -0.398 e. The molecule has 1 fully saturated rings. The fourth-order valence-electron chi connectivity index (χ4n) is 2.39. The summed E-state index contributed by atoms with van der Waals surface area (Å²) in [6, 6.07) is 3.23. The molecule has 1 atom stereocenters. The Bertz CT molecular complexity index is 633. The van der Waals surface area contributed by atoms with Crippen molar-refractivity contribution in [2.75, 3.05) is 25.4 Å². The molecule has 118 valence electrons. The van der Waals surface area contributed by atoms with E-state index in [0.29, 0.717) is 0 Å². The van der Waals surface area contributed by atoms with E-state index in [-0.39, 0.29) is 30.3 Å². The first-order valence-corrected chi connectivity index (χ1v) is 7.93. The van der Waals surface area contributed by atoms with Gasteiger partial charge in [0.25, 0.3) is 0 Å². The Hall–Kier alpha value is -1.22. The molecule has 1 aromatic carbocycles. The molecule has 0 radical (unpaired) electrons. The van der Waals surface area contributed by atoms with Gasteiger partial charge in [-0.2, -0.15) is 4.31 Å². The lowest BCUT2D eigenvalue weighted by Gasteiger charge is -2.41. The van der Waals surface area contributed by atoms with Crippen molar-refractivity contribution in [2.45, 2.75) is 30.4 Å². The fraction of sp³-hybridized carbons (Fsp3) is 0.538. The van der Waals surface area contributed by atoms with Crippen LogP contribution in [0.4, 0.5) is 10.1 Å². The van der Waals surface area contributed by atoms with Crippen LogP contribution >= 0.6 is 0 Å². The van der Waals surface area contributed by atoms with Gasteiger partial charge in [0, 0.05) is 13.1 Å². The number of morpholine rings is 1. The molecule has 2 rings (SSSR count). The van der Waals surface area contributed by atoms with Crippen molar-refractivity contribution in [3.05, 3.63) is 24.0 Å². The molecule has 0 spiro atoms. The van der Waals surface area contributed by atoms with Crippen molar-refractivity contribution in [2.24, 2.45) is 0 Å². The van der Waals surface area contributed by atoms with E-state index in [2.05, 4.69) is 0 Å². The molecule has 0 bridgehead atoms. The molecular weight excluding hydrogens is 299 g/mol. The van der Waals surface area contributed by atoms with Gasteiger partial charge in [0.2, 0.25) is 10.0 Å². The second-order valence-corrected chi connectivity index (χ2v) is 7.57. The Labute approximate surface area is 123 Å². The van der Waals surface area contributed by atoms with Crippen molar-refractivity contribution < 1.29 is 22.7 Å². The number of ether oxygens (including phenoxy) is 1. The summed E-state index contributed by atoms with van der Waals surface area (Å²) in [6.07, 6.45) is -0.627. The predicted molar refractivity (Wildman–Crippen MR) is 75.6 cm³/mol. The minimum absolute atomic E-state index is 0.00177. The van der Waals surface area contributed by atoms with Gasteiger partial charge in [-0.1, -0.05) is 0 Å². The van der Waals surface area contributed by atoms with Crippen LogP contribution in [0.1, 0.15) is 13.8 Å². The maximum absolute atomic E-state index is 13.3. The molecule has 0 aromatic heterocycles. The van der Waals surface area contributed by atoms with Crippen molar-refractivity contribution in [3.8, 4) is 0 Å². The number of aliphatic hydroxyl groups is 1. The minimum atomic E-state index is -3.95. The highest BCUT2D eigenvalue weighted by molar-refractivity contribution is 7.89. The lowest BCUT2D eigenvalue weighted by Crippen LogP contribution is -2.55. The largest absolute Gasteiger partial charge is 0.398 e. The van der Waals surface area contributed by atoms with Crippen LogP contribution in [-0.4, -0.2) is 49.2 Å². The maximum atomic E-state index is 13.3. The third-order valence-electron chi connectivity index (χ3n) is 3.25. The zero-order chi connectivity index (χ0) is 15.8. The summed E-state index contributed by atoms with van der Waals surface area (Å²) in [5.41, 5.74) is 4.90. The third kappa shape index (κ3) is 3.34. The van der Waals surface area contributed by atoms with Gasteiger partial charge in [0.15, 0.2) is 0 Å². The number of nitrogen functional groups attached to an aromatic ring is 1. The van der Waals surface area contributed by atoms with Crippen molar-refractivity contribution in [1.29, 1.82) is 0 Å². The number of rotatable bonds is 3. The molecule has 1 saturated heterocycles. The van der Waals surface area contributed by atoms with E-state index in [0.717, 1.165) is 12.1 Å². The number of benzene rings is 1. The summed E-state index contributed by atoms with van der Waals surface area (Å²) < 4.78 is 45.4. The van der Waals surface area contributed by atoms with Crippen LogP contribution in [-0.2, 0) is 14.8 Å². The molecule has 1 unspecified atom stereocenters. The van der Waals surface area contributed by atoms with Crippen LogP contribution < -0.4 is 5.73 Å².